The summed E-state index contributed by atoms with van der Waals surface area (Å²) in [5.41, 5.74) is -1.29. The lowest BCUT2D eigenvalue weighted by Gasteiger charge is -2.58. The van der Waals surface area contributed by atoms with Crippen LogP contribution in [0.25, 0.3) is 0 Å². The summed E-state index contributed by atoms with van der Waals surface area (Å²) in [5, 5.41) is 15.2. The molecule has 0 unspecified atom stereocenters. The van der Waals surface area contributed by atoms with E-state index in [1.165, 1.54) is 31.9 Å². The van der Waals surface area contributed by atoms with Crippen molar-refractivity contribution in [3.8, 4) is 17.6 Å². The number of halogens is 3. The maximum absolute atomic E-state index is 12.8. The van der Waals surface area contributed by atoms with Gasteiger partial charge in [0.1, 0.15) is 5.75 Å². The molecule has 6 nitrogen and oxygen atoms in total. The molecule has 2 N–H and O–H groups in total. The van der Waals surface area contributed by atoms with Gasteiger partial charge in [-0.2, -0.15) is 13.2 Å². The van der Waals surface area contributed by atoms with Crippen molar-refractivity contribution in [2.24, 2.45) is 5.92 Å². The summed E-state index contributed by atoms with van der Waals surface area (Å²) in [5.74, 6) is 5.29. The Morgan fingerprint density at radius 1 is 1.12 bits per heavy atom. The number of ether oxygens (including phenoxy) is 1. The highest BCUT2D eigenvalue weighted by Crippen LogP contribution is 2.52. The number of fused-ring (bicyclic) bond motifs is 1. The molecule has 2 saturated carbocycles. The molecule has 0 spiro atoms. The molecule has 0 radical (unpaired) electrons. The number of benzene rings is 2. The number of carbonyl (C=O) groups excluding carboxylic acids is 2. The van der Waals surface area contributed by atoms with Crippen LogP contribution in [0.4, 0.5) is 13.2 Å². The Morgan fingerprint density at radius 2 is 1.88 bits per heavy atom. The average molecular weight is 555 g/mol. The van der Waals surface area contributed by atoms with Gasteiger partial charge in [0, 0.05) is 43.0 Å². The number of likely N-dealkylation sites (tertiary alicyclic amines) is 1. The van der Waals surface area contributed by atoms with Crippen molar-refractivity contribution >= 4 is 11.9 Å². The Bertz CT molecular complexity index is 1330. The fourth-order valence-electron chi connectivity index (χ4n) is 6.32. The van der Waals surface area contributed by atoms with Gasteiger partial charge in [0.15, 0.2) is 0 Å². The summed E-state index contributed by atoms with van der Waals surface area (Å²) >= 11 is 0. The van der Waals surface area contributed by atoms with Crippen molar-refractivity contribution < 1.29 is 32.6 Å². The van der Waals surface area contributed by atoms with Gasteiger partial charge in [-0.25, -0.2) is 0 Å². The Hall–Kier alpha value is -3.35. The van der Waals surface area contributed by atoms with Crippen molar-refractivity contribution in [2.45, 2.75) is 68.7 Å². The zero-order valence-electron chi connectivity index (χ0n) is 22.4. The standard InChI is InChI=1S/C31H33F3N2O4/c1-21(37)40-27-4-2-3-25(17-27)29-15-16-36(19-23-5-6-23)20-30(29,39)14-13-26(18-29)35-28(38)12-9-22-7-10-24(11-8-22)31(32,33)34/h2-4,7-8,10-11,17,23,26,39H,5-6,13-16,18-20H2,1H3,(H,35,38)/t26-,29+,30+/m1/s1. The van der Waals surface area contributed by atoms with Gasteiger partial charge in [-0.3, -0.25) is 9.59 Å². The minimum Gasteiger partial charge on any atom is -0.427 e. The average Bonchev–Trinajstić information content (AvgIpc) is 3.71. The predicted octanol–water partition coefficient (Wildman–Crippen LogP) is 4.44. The van der Waals surface area contributed by atoms with Gasteiger partial charge < -0.3 is 20.1 Å². The molecule has 1 heterocycles. The van der Waals surface area contributed by atoms with Crippen LogP contribution >= 0.6 is 0 Å². The topological polar surface area (TPSA) is 78.9 Å². The van der Waals surface area contributed by atoms with Gasteiger partial charge in [0.05, 0.1) is 11.2 Å². The van der Waals surface area contributed by atoms with E-state index in [1.807, 2.05) is 18.2 Å². The second-order valence-corrected chi connectivity index (χ2v) is 11.4. The minimum absolute atomic E-state index is 0.262. The van der Waals surface area contributed by atoms with Crippen molar-refractivity contribution in [3.05, 3.63) is 65.2 Å². The summed E-state index contributed by atoms with van der Waals surface area (Å²) in [7, 11) is 0. The van der Waals surface area contributed by atoms with E-state index in [2.05, 4.69) is 22.1 Å². The zero-order valence-corrected chi connectivity index (χ0v) is 22.4. The zero-order chi connectivity index (χ0) is 28.5. The lowest BCUT2D eigenvalue weighted by molar-refractivity contribution is -0.137. The number of amides is 1. The Labute approximate surface area is 231 Å². The number of carbonyl (C=O) groups is 2. The molecular formula is C31H33F3N2O4. The van der Waals surface area contributed by atoms with E-state index in [-0.39, 0.29) is 6.04 Å². The van der Waals surface area contributed by atoms with Crippen LogP contribution in [-0.4, -0.2) is 53.2 Å². The Kier molecular flexibility index (Phi) is 7.68. The molecule has 1 aliphatic heterocycles. The van der Waals surface area contributed by atoms with Crippen molar-refractivity contribution in [1.82, 2.24) is 10.2 Å². The molecule has 3 fully saturated rings. The molecular weight excluding hydrogens is 521 g/mol. The molecule has 1 saturated heterocycles. The van der Waals surface area contributed by atoms with Crippen LogP contribution in [-0.2, 0) is 21.2 Å². The SMILES string of the molecule is CC(=O)Oc1cccc([C@@]23CCN(CC4CC4)C[C@@]2(O)CC[C@@H](NC(=O)C#Cc2ccc(C(F)(F)F)cc2)C3)c1. The van der Waals surface area contributed by atoms with Gasteiger partial charge in [0.25, 0.3) is 5.91 Å². The Balaban J connectivity index is 1.35. The monoisotopic (exact) mass is 554 g/mol. The first-order valence-electron chi connectivity index (χ1n) is 13.7. The fraction of sp³-hybridized carbons (Fsp3) is 0.484. The van der Waals surface area contributed by atoms with Gasteiger partial charge in [-0.05, 0) is 92.9 Å². The van der Waals surface area contributed by atoms with E-state index >= 15 is 0 Å². The first-order chi connectivity index (χ1) is 19.0. The third kappa shape index (κ3) is 6.18. The molecule has 40 heavy (non-hydrogen) atoms. The number of hydrogen-bond donors (Lipinski definition) is 2. The summed E-state index contributed by atoms with van der Waals surface area (Å²) in [4.78, 5) is 26.7. The van der Waals surface area contributed by atoms with Gasteiger partial charge in [-0.1, -0.05) is 18.1 Å². The normalized spacial score (nSPS) is 26.7. The maximum Gasteiger partial charge on any atom is 0.416 e. The van der Waals surface area contributed by atoms with Crippen molar-refractivity contribution in [3.63, 3.8) is 0 Å². The van der Waals surface area contributed by atoms with E-state index in [4.69, 9.17) is 4.74 Å². The summed E-state index contributed by atoms with van der Waals surface area (Å²) in [6.45, 7) is 3.67. The number of alkyl halides is 3. The molecule has 212 valence electrons. The van der Waals surface area contributed by atoms with E-state index in [9.17, 15) is 27.9 Å². The number of rotatable bonds is 5. The number of piperidine rings is 1. The molecule has 0 bridgehead atoms. The van der Waals surface area contributed by atoms with Crippen LogP contribution in [0.5, 0.6) is 5.75 Å². The fourth-order valence-corrected chi connectivity index (χ4v) is 6.32. The number of esters is 1. The molecule has 5 rings (SSSR count). The summed E-state index contributed by atoms with van der Waals surface area (Å²) in [6, 6.07) is 11.4. The van der Waals surface area contributed by atoms with Crippen LogP contribution in [0, 0.1) is 17.8 Å². The highest BCUT2D eigenvalue weighted by molar-refractivity contribution is 5.94. The lowest BCUT2D eigenvalue weighted by atomic mass is 9.55. The van der Waals surface area contributed by atoms with Gasteiger partial charge >= 0.3 is 12.1 Å². The van der Waals surface area contributed by atoms with Crippen LogP contribution in [0.1, 0.15) is 62.1 Å². The van der Waals surface area contributed by atoms with Gasteiger partial charge in [0.2, 0.25) is 0 Å². The quantitative estimate of drug-likeness (QED) is 0.325. The predicted molar refractivity (Wildman–Crippen MR) is 142 cm³/mol. The van der Waals surface area contributed by atoms with Crippen LogP contribution in [0.3, 0.4) is 0 Å². The van der Waals surface area contributed by atoms with E-state index in [1.54, 1.807) is 6.07 Å². The first kappa shape index (κ1) is 28.2. The number of aliphatic hydroxyl groups is 1. The maximum atomic E-state index is 12.8. The van der Waals surface area contributed by atoms with Crippen molar-refractivity contribution in [1.29, 1.82) is 0 Å². The second-order valence-electron chi connectivity index (χ2n) is 11.4. The minimum atomic E-state index is -4.44. The van der Waals surface area contributed by atoms with E-state index in [0.717, 1.165) is 30.8 Å². The van der Waals surface area contributed by atoms with Gasteiger partial charge in [-0.15, -0.1) is 0 Å². The van der Waals surface area contributed by atoms with E-state index in [0.29, 0.717) is 49.5 Å². The smallest absolute Gasteiger partial charge is 0.416 e. The molecule has 2 aromatic rings. The lowest BCUT2D eigenvalue weighted by Crippen LogP contribution is -2.67. The third-order valence-corrected chi connectivity index (χ3v) is 8.46. The van der Waals surface area contributed by atoms with Crippen molar-refractivity contribution in [2.75, 3.05) is 19.6 Å². The number of hydrogen-bond acceptors (Lipinski definition) is 5. The van der Waals surface area contributed by atoms with Crippen LogP contribution in [0.2, 0.25) is 0 Å². The van der Waals surface area contributed by atoms with Crippen LogP contribution < -0.4 is 10.1 Å². The molecule has 0 aromatic heterocycles. The molecule has 9 heteroatoms. The third-order valence-electron chi connectivity index (χ3n) is 8.46. The Morgan fingerprint density at radius 3 is 2.55 bits per heavy atom. The number of β-amino-alcohol motifs (C(OH)–C–C–N with tert-alkyl or cyclic N) is 1. The molecule has 3 atom stereocenters. The molecule has 2 aliphatic carbocycles. The number of nitrogens with one attached hydrogen (secondary N) is 1. The summed E-state index contributed by atoms with van der Waals surface area (Å²) in [6.07, 6.45) is 0.226. The first-order valence-corrected chi connectivity index (χ1v) is 13.7. The molecule has 2 aromatic carbocycles. The largest absolute Gasteiger partial charge is 0.427 e. The highest BCUT2D eigenvalue weighted by Gasteiger charge is 2.58. The summed E-state index contributed by atoms with van der Waals surface area (Å²) < 4.78 is 43.8. The second kappa shape index (κ2) is 10.9. The molecule has 1 amide bonds. The molecule has 3 aliphatic rings. The number of nitrogens with zero attached hydrogens (tertiary/aromatic N) is 1. The van der Waals surface area contributed by atoms with Crippen LogP contribution in [0.15, 0.2) is 48.5 Å². The van der Waals surface area contributed by atoms with E-state index < -0.39 is 34.6 Å². The highest BCUT2D eigenvalue weighted by atomic mass is 19.4.